The smallest absolute Gasteiger partial charge is 0.253 e. The van der Waals surface area contributed by atoms with Gasteiger partial charge in [-0.15, -0.1) is 0 Å². The topological polar surface area (TPSA) is 37.7 Å². The van der Waals surface area contributed by atoms with Crippen LogP contribution in [0.25, 0.3) is 10.9 Å². The number of benzene rings is 2. The number of piperazine rings is 1. The predicted octanol–water partition coefficient (Wildman–Crippen LogP) is 3.41. The van der Waals surface area contributed by atoms with Crippen LogP contribution in [0.1, 0.15) is 10.4 Å². The molecule has 1 aliphatic rings. The number of rotatable bonds is 2. The van der Waals surface area contributed by atoms with Crippen molar-refractivity contribution in [1.29, 1.82) is 0 Å². The number of aromatic nitrogens is 1. The van der Waals surface area contributed by atoms with E-state index in [-0.39, 0.29) is 11.7 Å². The number of H-pyrrole nitrogens is 1. The van der Waals surface area contributed by atoms with Crippen LogP contribution in [0.15, 0.2) is 54.7 Å². The molecule has 26 heavy (non-hydrogen) atoms. The van der Waals surface area contributed by atoms with Crippen LogP contribution >= 0.6 is 11.6 Å². The summed E-state index contributed by atoms with van der Waals surface area (Å²) in [5, 5.41) is 1.80. The lowest BCUT2D eigenvalue weighted by Crippen LogP contribution is -2.48. The summed E-state index contributed by atoms with van der Waals surface area (Å²) in [6.07, 6.45) is 1.91. The molecule has 2 heterocycles. The van der Waals surface area contributed by atoms with Gasteiger partial charge in [-0.1, -0.05) is 11.6 Å². The van der Waals surface area contributed by atoms with Gasteiger partial charge < -0.3 is 9.80 Å². The molecule has 1 amide bonds. The molecule has 0 saturated carbocycles. The van der Waals surface area contributed by atoms with E-state index in [0.717, 1.165) is 29.7 Å². The molecule has 0 unspecified atom stereocenters. The highest BCUT2D eigenvalue weighted by Crippen LogP contribution is 2.27. The molecule has 132 valence electrons. The fraction of sp³-hybridized carbons (Fsp3) is 0.200. The third-order valence-corrected chi connectivity index (χ3v) is 4.97. The minimum atomic E-state index is -0.334. The van der Waals surface area contributed by atoms with Crippen molar-refractivity contribution in [3.63, 3.8) is 0 Å². The summed E-state index contributed by atoms with van der Waals surface area (Å²) in [6.45, 7) is 2.75. The maximum atomic E-state index is 13.0. The lowest BCUT2D eigenvalue weighted by atomic mass is 10.1. The molecule has 0 bridgehead atoms. The first-order chi connectivity index (χ1) is 12.6. The van der Waals surface area contributed by atoms with Gasteiger partial charge in [0.05, 0.1) is 11.1 Å². The largest absolute Gasteiger partial charge is 0.367 e. The average Bonchev–Trinajstić information content (AvgIpc) is 2.67. The average molecular weight is 371 g/mol. The Balaban J connectivity index is 1.50. The number of halogens is 2. The van der Waals surface area contributed by atoms with Gasteiger partial charge in [-0.2, -0.15) is 0 Å². The minimum Gasteiger partial charge on any atom is -0.367 e. The number of aromatic amines is 1. The molecule has 4 nitrogen and oxygen atoms in total. The summed E-state index contributed by atoms with van der Waals surface area (Å²) in [5.74, 6) is -0.387. The Morgan fingerprint density at radius 3 is 2.46 bits per heavy atom. The highest BCUT2D eigenvalue weighted by atomic mass is 35.5. The zero-order valence-electron chi connectivity index (χ0n) is 14.1. The van der Waals surface area contributed by atoms with Crippen LogP contribution < -0.4 is 9.88 Å². The SMILES string of the molecule is O=C(c1ccc(F)cc1)N1CCN(c2cc[nH+]c3cc(Cl)ccc23)CC1. The Kier molecular flexibility index (Phi) is 4.47. The van der Waals surface area contributed by atoms with Crippen LogP contribution in [0, 0.1) is 5.82 Å². The van der Waals surface area contributed by atoms with Gasteiger partial charge in [-0.05, 0) is 36.4 Å². The normalized spacial score (nSPS) is 14.7. The van der Waals surface area contributed by atoms with Gasteiger partial charge in [0.2, 0.25) is 5.52 Å². The molecule has 1 N–H and O–H groups in total. The molecule has 0 aliphatic carbocycles. The summed E-state index contributed by atoms with van der Waals surface area (Å²) in [7, 11) is 0. The molecule has 0 radical (unpaired) electrons. The van der Waals surface area contributed by atoms with E-state index < -0.39 is 0 Å². The van der Waals surface area contributed by atoms with Crippen LogP contribution in [0.2, 0.25) is 5.02 Å². The first-order valence-electron chi connectivity index (χ1n) is 8.51. The van der Waals surface area contributed by atoms with Gasteiger partial charge in [0, 0.05) is 48.9 Å². The van der Waals surface area contributed by atoms with Crippen molar-refractivity contribution in [3.05, 3.63) is 71.1 Å². The monoisotopic (exact) mass is 370 g/mol. The maximum absolute atomic E-state index is 13.0. The number of nitrogens with zero attached hydrogens (tertiary/aromatic N) is 2. The van der Waals surface area contributed by atoms with E-state index in [1.54, 1.807) is 0 Å². The van der Waals surface area contributed by atoms with E-state index in [4.69, 9.17) is 11.6 Å². The summed E-state index contributed by atoms with van der Waals surface area (Å²) in [6, 6.07) is 13.6. The third kappa shape index (κ3) is 3.22. The molecule has 0 spiro atoms. The van der Waals surface area contributed by atoms with Crippen molar-refractivity contribution < 1.29 is 14.2 Å². The van der Waals surface area contributed by atoms with Crippen molar-refractivity contribution in [2.24, 2.45) is 0 Å². The van der Waals surface area contributed by atoms with E-state index in [1.165, 1.54) is 24.3 Å². The number of fused-ring (bicyclic) bond motifs is 1. The fourth-order valence-electron chi connectivity index (χ4n) is 3.36. The summed E-state index contributed by atoms with van der Waals surface area (Å²) in [4.78, 5) is 19.9. The van der Waals surface area contributed by atoms with E-state index in [2.05, 4.69) is 9.88 Å². The number of hydrogen-bond donors (Lipinski definition) is 0. The van der Waals surface area contributed by atoms with Crippen LogP contribution in [0.3, 0.4) is 0 Å². The minimum absolute atomic E-state index is 0.0531. The second-order valence-corrected chi connectivity index (χ2v) is 6.78. The quantitative estimate of drug-likeness (QED) is 0.693. The Morgan fingerprint density at radius 1 is 1.00 bits per heavy atom. The number of amides is 1. The third-order valence-electron chi connectivity index (χ3n) is 4.74. The number of carbonyl (C=O) groups excluding carboxylic acids is 1. The number of nitrogens with one attached hydrogen (secondary N) is 1. The van der Waals surface area contributed by atoms with E-state index in [1.807, 2.05) is 35.4 Å². The summed E-state index contributed by atoms with van der Waals surface area (Å²) >= 11 is 6.08. The molecular formula is C20H18ClFN3O+. The molecule has 2 aromatic carbocycles. The lowest BCUT2D eigenvalue weighted by molar-refractivity contribution is -0.344. The van der Waals surface area contributed by atoms with Crippen molar-refractivity contribution in [3.8, 4) is 0 Å². The Labute approximate surface area is 155 Å². The Hall–Kier alpha value is -2.66. The second-order valence-electron chi connectivity index (χ2n) is 6.34. The van der Waals surface area contributed by atoms with E-state index in [9.17, 15) is 9.18 Å². The van der Waals surface area contributed by atoms with Gasteiger partial charge in [-0.25, -0.2) is 9.37 Å². The standard InChI is InChI=1S/C20H17ClFN3O/c21-15-3-6-17-18(13-15)23-8-7-19(17)24-9-11-25(12-10-24)20(26)14-1-4-16(22)5-2-14/h1-8,13H,9-12H2/p+1. The summed E-state index contributed by atoms with van der Waals surface area (Å²) in [5.41, 5.74) is 2.64. The van der Waals surface area contributed by atoms with E-state index >= 15 is 0 Å². The van der Waals surface area contributed by atoms with Gasteiger partial charge in [0.15, 0.2) is 6.20 Å². The summed E-state index contributed by atoms with van der Waals surface area (Å²) < 4.78 is 13.0. The van der Waals surface area contributed by atoms with E-state index in [0.29, 0.717) is 23.7 Å². The zero-order valence-corrected chi connectivity index (χ0v) is 14.8. The van der Waals surface area contributed by atoms with Crippen LogP contribution in [-0.2, 0) is 0 Å². The lowest BCUT2D eigenvalue weighted by Gasteiger charge is -2.36. The predicted molar refractivity (Wildman–Crippen MR) is 100 cm³/mol. The molecule has 1 aromatic heterocycles. The first-order valence-corrected chi connectivity index (χ1v) is 8.89. The Bertz CT molecular complexity index is 953. The van der Waals surface area contributed by atoms with Crippen molar-refractivity contribution in [2.75, 3.05) is 31.1 Å². The number of pyridine rings is 1. The highest BCUT2D eigenvalue weighted by Gasteiger charge is 2.24. The molecule has 4 rings (SSSR count). The molecule has 3 aromatic rings. The van der Waals surface area contributed by atoms with Crippen LogP contribution in [0.4, 0.5) is 10.1 Å². The van der Waals surface area contributed by atoms with Gasteiger partial charge >= 0.3 is 0 Å². The molecular weight excluding hydrogens is 353 g/mol. The molecule has 1 saturated heterocycles. The van der Waals surface area contributed by atoms with Crippen LogP contribution in [-0.4, -0.2) is 37.0 Å². The molecule has 0 atom stereocenters. The zero-order chi connectivity index (χ0) is 18.1. The molecule has 6 heteroatoms. The van der Waals surface area contributed by atoms with Gasteiger partial charge in [0.1, 0.15) is 5.82 Å². The fourth-order valence-corrected chi connectivity index (χ4v) is 3.53. The molecule has 1 aliphatic heterocycles. The highest BCUT2D eigenvalue weighted by molar-refractivity contribution is 6.31. The van der Waals surface area contributed by atoms with Crippen LogP contribution in [0.5, 0.6) is 0 Å². The maximum Gasteiger partial charge on any atom is 0.253 e. The molecule has 1 fully saturated rings. The number of hydrogen-bond acceptors (Lipinski definition) is 2. The Morgan fingerprint density at radius 2 is 1.73 bits per heavy atom. The van der Waals surface area contributed by atoms with Crippen molar-refractivity contribution in [2.45, 2.75) is 0 Å². The van der Waals surface area contributed by atoms with Gasteiger partial charge in [-0.3, -0.25) is 4.79 Å². The number of carbonyl (C=O) groups is 1. The first kappa shape index (κ1) is 16.8. The van der Waals surface area contributed by atoms with Crippen molar-refractivity contribution >= 4 is 34.1 Å². The van der Waals surface area contributed by atoms with Gasteiger partial charge in [0.25, 0.3) is 5.91 Å². The number of anilines is 1. The second kappa shape index (κ2) is 6.92. The van der Waals surface area contributed by atoms with Crippen molar-refractivity contribution in [1.82, 2.24) is 4.90 Å².